The molecule has 1 heterocycles. The first-order valence-corrected chi connectivity index (χ1v) is 15.6. The van der Waals surface area contributed by atoms with Gasteiger partial charge in [0.2, 0.25) is 11.8 Å². The van der Waals surface area contributed by atoms with Crippen molar-refractivity contribution in [2.75, 3.05) is 23.4 Å². The summed E-state index contributed by atoms with van der Waals surface area (Å²) in [6, 6.07) is 20.6. The summed E-state index contributed by atoms with van der Waals surface area (Å²) in [5.74, 6) is -2.80. The van der Waals surface area contributed by atoms with Gasteiger partial charge in [0.05, 0.1) is 36.8 Å². The predicted molar refractivity (Wildman–Crippen MR) is 176 cm³/mol. The van der Waals surface area contributed by atoms with Gasteiger partial charge in [0, 0.05) is 17.3 Å². The summed E-state index contributed by atoms with van der Waals surface area (Å²) >= 11 is 0. The van der Waals surface area contributed by atoms with Crippen LogP contribution >= 0.6 is 0 Å². The molecule has 0 radical (unpaired) electrons. The first-order chi connectivity index (χ1) is 21.7. The first-order valence-electron chi connectivity index (χ1n) is 15.6. The molecule has 8 nitrogen and oxygen atoms in total. The second-order valence-electron chi connectivity index (χ2n) is 12.1. The van der Waals surface area contributed by atoms with Crippen LogP contribution in [0.5, 0.6) is 5.75 Å². The molecule has 236 valence electrons. The molecule has 0 bridgehead atoms. The number of aryl methyl sites for hydroxylation is 2. The quantitative estimate of drug-likeness (QED) is 0.137. The van der Waals surface area contributed by atoms with Crippen molar-refractivity contribution in [3.05, 3.63) is 100 Å². The van der Waals surface area contributed by atoms with Gasteiger partial charge in [-0.05, 0) is 116 Å². The molecule has 4 atom stereocenters. The van der Waals surface area contributed by atoms with Crippen LogP contribution < -0.4 is 10.2 Å². The Bertz CT molecular complexity index is 1590. The number of aromatic hydroxyl groups is 1. The van der Waals surface area contributed by atoms with Crippen LogP contribution in [0.25, 0.3) is 6.08 Å². The van der Waals surface area contributed by atoms with E-state index in [9.17, 15) is 30.0 Å². The number of phenolic OH excluding ortho intramolecular Hbond substituents is 1. The summed E-state index contributed by atoms with van der Waals surface area (Å²) in [5.41, 5.74) is 6.80. The number of allylic oxidation sites excluding steroid dienone is 1. The third-order valence-electron chi connectivity index (χ3n) is 9.20. The molecule has 45 heavy (non-hydrogen) atoms. The highest BCUT2D eigenvalue weighted by atomic mass is 16.3. The standard InChI is InChI=1S/C37H42N2O6/c1-4-24(18-25-16-22(2)35(43)23(3)17-25)10-15-32(42)33-26(20-40)19-30-34(31(33)21-41)37(45)39(36(30)44)29-13-11-28(12-14-29)38-27-8-6-5-7-9-27/h5-9,11-14,16-18,30-32,34,38,40-43H,4,10,15,19-21H2,1-3H3/b24-18+/t30-,31+,32-,34-/m1/s1. The Morgan fingerprint density at radius 1 is 0.978 bits per heavy atom. The zero-order valence-corrected chi connectivity index (χ0v) is 26.0. The van der Waals surface area contributed by atoms with E-state index < -0.39 is 36.4 Å². The van der Waals surface area contributed by atoms with Crippen molar-refractivity contribution in [1.29, 1.82) is 0 Å². The smallest absolute Gasteiger partial charge is 0.238 e. The fraction of sp³-hybridized carbons (Fsp3) is 0.351. The zero-order valence-electron chi connectivity index (χ0n) is 26.0. The second-order valence-corrected chi connectivity index (χ2v) is 12.1. The lowest BCUT2D eigenvalue weighted by atomic mass is 9.68. The van der Waals surface area contributed by atoms with Crippen LogP contribution in [0.1, 0.15) is 49.3 Å². The molecule has 1 aliphatic heterocycles. The molecule has 8 heteroatoms. The molecule has 1 saturated heterocycles. The Kier molecular flexibility index (Phi) is 9.87. The molecule has 3 aromatic carbocycles. The molecule has 3 aromatic rings. The number of hydrogen-bond acceptors (Lipinski definition) is 7. The van der Waals surface area contributed by atoms with Crippen LogP contribution in [-0.2, 0) is 9.59 Å². The molecule has 5 rings (SSSR count). The number of aliphatic hydroxyl groups excluding tert-OH is 3. The lowest BCUT2D eigenvalue weighted by Crippen LogP contribution is -2.39. The molecule has 2 amide bonds. The Hall–Kier alpha value is -4.24. The van der Waals surface area contributed by atoms with E-state index in [1.807, 2.05) is 63.2 Å². The van der Waals surface area contributed by atoms with Crippen molar-refractivity contribution in [1.82, 2.24) is 0 Å². The molecule has 5 N–H and O–H groups in total. The lowest BCUT2D eigenvalue weighted by molar-refractivity contribution is -0.123. The summed E-state index contributed by atoms with van der Waals surface area (Å²) < 4.78 is 0. The number of fused-ring (bicyclic) bond motifs is 1. The van der Waals surface area contributed by atoms with Crippen LogP contribution in [0.15, 0.2) is 83.4 Å². The van der Waals surface area contributed by atoms with E-state index in [1.54, 1.807) is 24.3 Å². The number of nitrogens with one attached hydrogen (secondary N) is 1. The van der Waals surface area contributed by atoms with E-state index in [-0.39, 0.29) is 24.7 Å². The minimum Gasteiger partial charge on any atom is -0.507 e. The van der Waals surface area contributed by atoms with Gasteiger partial charge in [-0.3, -0.25) is 14.5 Å². The maximum atomic E-state index is 13.8. The molecule has 0 spiro atoms. The highest BCUT2D eigenvalue weighted by molar-refractivity contribution is 6.22. The summed E-state index contributed by atoms with van der Waals surface area (Å²) in [5, 5.41) is 45.8. The number of anilines is 3. The number of carbonyl (C=O) groups excluding carboxylic acids is 2. The highest BCUT2D eigenvalue weighted by Crippen LogP contribution is 2.47. The number of benzene rings is 3. The third-order valence-corrected chi connectivity index (χ3v) is 9.20. The minimum absolute atomic E-state index is 0.154. The zero-order chi connectivity index (χ0) is 32.2. The Morgan fingerprint density at radius 2 is 1.62 bits per heavy atom. The lowest BCUT2D eigenvalue weighted by Gasteiger charge is -2.36. The molecule has 1 aliphatic carbocycles. The number of para-hydroxylation sites is 1. The monoisotopic (exact) mass is 610 g/mol. The average Bonchev–Trinajstić information content (AvgIpc) is 3.30. The second kappa shape index (κ2) is 13.8. The molecule has 2 aliphatic rings. The van der Waals surface area contributed by atoms with Crippen LogP contribution in [0, 0.1) is 31.6 Å². The van der Waals surface area contributed by atoms with Crippen molar-refractivity contribution in [3.8, 4) is 5.75 Å². The predicted octanol–water partition coefficient (Wildman–Crippen LogP) is 5.79. The van der Waals surface area contributed by atoms with Crippen molar-refractivity contribution in [2.45, 2.75) is 52.6 Å². The Labute approximate surface area is 264 Å². The number of imide groups is 1. The van der Waals surface area contributed by atoms with Gasteiger partial charge < -0.3 is 25.7 Å². The van der Waals surface area contributed by atoms with Crippen LogP contribution in [-0.4, -0.2) is 51.6 Å². The van der Waals surface area contributed by atoms with Gasteiger partial charge >= 0.3 is 0 Å². The number of rotatable bonds is 11. The number of nitrogens with zero attached hydrogens (tertiary/aromatic N) is 1. The summed E-state index contributed by atoms with van der Waals surface area (Å²) in [4.78, 5) is 28.7. The SMILES string of the molecule is CC/C(=C\c1cc(C)c(O)c(C)c1)CC[C@@H](O)C1=C(CO)C[C@H]2C(=O)N(c3ccc(Nc4ccccc4)cc3)C(=O)[C@H]2[C@H]1CO. The fourth-order valence-corrected chi connectivity index (χ4v) is 6.88. The molecule has 1 fully saturated rings. The number of aliphatic hydroxyl groups is 3. The van der Waals surface area contributed by atoms with E-state index in [0.717, 1.165) is 40.1 Å². The average molecular weight is 611 g/mol. The van der Waals surface area contributed by atoms with Gasteiger partial charge in [0.25, 0.3) is 0 Å². The highest BCUT2D eigenvalue weighted by Gasteiger charge is 2.55. The van der Waals surface area contributed by atoms with Crippen LogP contribution in [0.3, 0.4) is 0 Å². The number of phenols is 1. The van der Waals surface area contributed by atoms with Gasteiger partial charge in [-0.15, -0.1) is 0 Å². The van der Waals surface area contributed by atoms with E-state index in [1.165, 1.54) is 4.90 Å². The van der Waals surface area contributed by atoms with Crippen LogP contribution in [0.2, 0.25) is 0 Å². The molecule has 0 aromatic heterocycles. The summed E-state index contributed by atoms with van der Waals surface area (Å²) in [6.45, 7) is 4.97. The fourth-order valence-electron chi connectivity index (χ4n) is 6.88. The van der Waals surface area contributed by atoms with Crippen molar-refractivity contribution < 1.29 is 30.0 Å². The maximum Gasteiger partial charge on any atom is 0.238 e. The normalized spacial score (nSPS) is 20.9. The van der Waals surface area contributed by atoms with Crippen molar-refractivity contribution in [2.24, 2.45) is 17.8 Å². The van der Waals surface area contributed by atoms with Gasteiger partial charge in [-0.1, -0.05) is 36.8 Å². The van der Waals surface area contributed by atoms with E-state index >= 15 is 0 Å². The Balaban J connectivity index is 1.34. The minimum atomic E-state index is -0.996. The largest absolute Gasteiger partial charge is 0.507 e. The Morgan fingerprint density at radius 3 is 2.22 bits per heavy atom. The summed E-state index contributed by atoms with van der Waals surface area (Å²) in [6.07, 6.45) is 2.88. The first kappa shape index (κ1) is 32.2. The number of amides is 2. The third kappa shape index (κ3) is 6.59. The number of carbonyl (C=O) groups is 2. The maximum absolute atomic E-state index is 13.8. The molecule has 0 saturated carbocycles. The number of hydrogen-bond donors (Lipinski definition) is 5. The van der Waals surface area contributed by atoms with Gasteiger partial charge in [0.1, 0.15) is 5.75 Å². The van der Waals surface area contributed by atoms with E-state index in [0.29, 0.717) is 29.7 Å². The van der Waals surface area contributed by atoms with Gasteiger partial charge in [0.15, 0.2) is 0 Å². The van der Waals surface area contributed by atoms with Crippen molar-refractivity contribution >= 4 is 35.0 Å². The summed E-state index contributed by atoms with van der Waals surface area (Å²) in [7, 11) is 0. The van der Waals surface area contributed by atoms with Gasteiger partial charge in [-0.2, -0.15) is 0 Å². The molecular weight excluding hydrogens is 568 g/mol. The van der Waals surface area contributed by atoms with E-state index in [2.05, 4.69) is 11.4 Å². The van der Waals surface area contributed by atoms with Gasteiger partial charge in [-0.25, -0.2) is 0 Å². The van der Waals surface area contributed by atoms with Crippen molar-refractivity contribution in [3.63, 3.8) is 0 Å². The van der Waals surface area contributed by atoms with E-state index in [4.69, 9.17) is 0 Å². The molecular formula is C37H42N2O6. The molecule has 0 unspecified atom stereocenters. The topological polar surface area (TPSA) is 130 Å². The van der Waals surface area contributed by atoms with Crippen LogP contribution in [0.4, 0.5) is 17.1 Å².